The topological polar surface area (TPSA) is 105 Å². The van der Waals surface area contributed by atoms with Gasteiger partial charge in [-0.15, -0.1) is 0 Å². The SMILES string of the molecule is Cc1ccc(S(=O)(=O)N2CCCO[C@H]2CNC(=O)C(=O)NCC(C)C)cc1. The highest BCUT2D eigenvalue weighted by atomic mass is 32.2. The van der Waals surface area contributed by atoms with E-state index in [0.717, 1.165) is 5.56 Å². The van der Waals surface area contributed by atoms with Gasteiger partial charge in [0.1, 0.15) is 6.23 Å². The second-order valence-corrected chi connectivity index (χ2v) is 8.81. The Morgan fingerprint density at radius 2 is 1.81 bits per heavy atom. The van der Waals surface area contributed by atoms with Gasteiger partial charge in [0.15, 0.2) is 0 Å². The molecule has 1 saturated heterocycles. The van der Waals surface area contributed by atoms with Gasteiger partial charge in [-0.25, -0.2) is 8.42 Å². The van der Waals surface area contributed by atoms with E-state index in [1.54, 1.807) is 24.3 Å². The van der Waals surface area contributed by atoms with Gasteiger partial charge in [0.05, 0.1) is 18.0 Å². The Kier molecular flexibility index (Phi) is 7.34. The van der Waals surface area contributed by atoms with Crippen molar-refractivity contribution in [1.82, 2.24) is 14.9 Å². The minimum atomic E-state index is -3.76. The quantitative estimate of drug-likeness (QED) is 0.685. The fraction of sp³-hybridized carbons (Fsp3) is 0.556. The van der Waals surface area contributed by atoms with Crippen LogP contribution in [0.5, 0.6) is 0 Å². The lowest BCUT2D eigenvalue weighted by Gasteiger charge is -2.34. The first-order valence-corrected chi connectivity index (χ1v) is 10.4. The second-order valence-electron chi connectivity index (χ2n) is 6.92. The third-order valence-electron chi connectivity index (χ3n) is 4.10. The van der Waals surface area contributed by atoms with Crippen molar-refractivity contribution in [1.29, 1.82) is 0 Å². The molecule has 0 unspecified atom stereocenters. The zero-order valence-electron chi connectivity index (χ0n) is 15.9. The van der Waals surface area contributed by atoms with Crippen molar-refractivity contribution < 1.29 is 22.7 Å². The van der Waals surface area contributed by atoms with Gasteiger partial charge < -0.3 is 15.4 Å². The number of ether oxygens (including phenoxy) is 1. The molecule has 1 aromatic carbocycles. The molecule has 1 aliphatic heterocycles. The Labute approximate surface area is 160 Å². The van der Waals surface area contributed by atoms with Gasteiger partial charge in [-0.3, -0.25) is 9.59 Å². The number of amides is 2. The summed E-state index contributed by atoms with van der Waals surface area (Å²) in [7, 11) is -3.76. The molecule has 1 atom stereocenters. The van der Waals surface area contributed by atoms with E-state index in [1.807, 2.05) is 20.8 Å². The summed E-state index contributed by atoms with van der Waals surface area (Å²) >= 11 is 0. The largest absolute Gasteiger partial charge is 0.360 e. The van der Waals surface area contributed by atoms with E-state index in [1.165, 1.54) is 4.31 Å². The Bertz CT molecular complexity index is 762. The summed E-state index contributed by atoms with van der Waals surface area (Å²) in [5.41, 5.74) is 0.958. The highest BCUT2D eigenvalue weighted by Crippen LogP contribution is 2.22. The van der Waals surface area contributed by atoms with Crippen LogP contribution in [0.3, 0.4) is 0 Å². The van der Waals surface area contributed by atoms with Gasteiger partial charge in [-0.2, -0.15) is 4.31 Å². The minimum Gasteiger partial charge on any atom is -0.360 e. The van der Waals surface area contributed by atoms with Gasteiger partial charge in [-0.05, 0) is 31.4 Å². The first-order chi connectivity index (χ1) is 12.7. The molecule has 1 aliphatic rings. The average molecular weight is 397 g/mol. The number of benzene rings is 1. The third kappa shape index (κ3) is 5.75. The van der Waals surface area contributed by atoms with Crippen LogP contribution in [0.1, 0.15) is 25.8 Å². The molecule has 2 N–H and O–H groups in total. The van der Waals surface area contributed by atoms with Crippen LogP contribution in [-0.4, -0.2) is 57.0 Å². The molecule has 0 saturated carbocycles. The molecule has 2 rings (SSSR count). The van der Waals surface area contributed by atoms with E-state index in [2.05, 4.69) is 10.6 Å². The molecule has 1 aromatic rings. The number of aryl methyl sites for hydroxylation is 1. The maximum atomic E-state index is 12.9. The van der Waals surface area contributed by atoms with Gasteiger partial charge in [-0.1, -0.05) is 31.5 Å². The summed E-state index contributed by atoms with van der Waals surface area (Å²) < 4.78 is 32.6. The van der Waals surface area contributed by atoms with Crippen molar-refractivity contribution in [2.45, 2.75) is 38.3 Å². The van der Waals surface area contributed by atoms with E-state index in [0.29, 0.717) is 19.6 Å². The van der Waals surface area contributed by atoms with Crippen LogP contribution < -0.4 is 10.6 Å². The summed E-state index contributed by atoms with van der Waals surface area (Å²) in [5.74, 6) is -1.33. The van der Waals surface area contributed by atoms with Crippen LogP contribution in [0.25, 0.3) is 0 Å². The van der Waals surface area contributed by atoms with E-state index in [4.69, 9.17) is 4.74 Å². The highest BCUT2D eigenvalue weighted by molar-refractivity contribution is 7.89. The summed E-state index contributed by atoms with van der Waals surface area (Å²) in [5, 5.41) is 4.97. The Morgan fingerprint density at radius 3 is 2.44 bits per heavy atom. The number of hydrogen-bond donors (Lipinski definition) is 2. The van der Waals surface area contributed by atoms with Crippen molar-refractivity contribution in [2.24, 2.45) is 5.92 Å². The number of carbonyl (C=O) groups is 2. The standard InChI is InChI=1S/C18H27N3O5S/c1-13(2)11-19-17(22)18(23)20-12-16-21(9-4-10-26-16)27(24,25)15-7-5-14(3)6-8-15/h5-8,13,16H,4,9-12H2,1-3H3,(H,19,22)(H,20,23)/t16-/m0/s1. The highest BCUT2D eigenvalue weighted by Gasteiger charge is 2.34. The van der Waals surface area contributed by atoms with Crippen LogP contribution in [0.2, 0.25) is 0 Å². The molecule has 1 heterocycles. The molecule has 0 radical (unpaired) electrons. The minimum absolute atomic E-state index is 0.0982. The molecular weight excluding hydrogens is 370 g/mol. The van der Waals surface area contributed by atoms with Crippen LogP contribution in [-0.2, 0) is 24.3 Å². The van der Waals surface area contributed by atoms with Gasteiger partial charge in [0.2, 0.25) is 10.0 Å². The fourth-order valence-electron chi connectivity index (χ4n) is 2.59. The summed E-state index contributed by atoms with van der Waals surface area (Å²) in [6.07, 6.45) is -0.295. The molecule has 8 nitrogen and oxygen atoms in total. The molecule has 0 aromatic heterocycles. The lowest BCUT2D eigenvalue weighted by molar-refractivity contribution is -0.140. The maximum Gasteiger partial charge on any atom is 0.309 e. The molecule has 150 valence electrons. The predicted octanol–water partition coefficient (Wildman–Crippen LogP) is 0.621. The zero-order chi connectivity index (χ0) is 20.0. The van der Waals surface area contributed by atoms with Crippen molar-refractivity contribution >= 4 is 21.8 Å². The smallest absolute Gasteiger partial charge is 0.309 e. The Morgan fingerprint density at radius 1 is 1.19 bits per heavy atom. The predicted molar refractivity (Wildman–Crippen MR) is 100 cm³/mol. The molecule has 9 heteroatoms. The molecule has 0 bridgehead atoms. The van der Waals surface area contributed by atoms with E-state index < -0.39 is 28.1 Å². The maximum absolute atomic E-state index is 12.9. The van der Waals surface area contributed by atoms with Crippen LogP contribution in [0, 0.1) is 12.8 Å². The van der Waals surface area contributed by atoms with Gasteiger partial charge in [0.25, 0.3) is 0 Å². The number of hydrogen-bond acceptors (Lipinski definition) is 5. The molecule has 2 amide bonds. The molecule has 0 aliphatic carbocycles. The average Bonchev–Trinajstić information content (AvgIpc) is 2.64. The summed E-state index contributed by atoms with van der Waals surface area (Å²) in [4.78, 5) is 23.8. The van der Waals surface area contributed by atoms with Crippen LogP contribution >= 0.6 is 0 Å². The first kappa shape index (κ1) is 21.3. The zero-order valence-corrected chi connectivity index (χ0v) is 16.7. The van der Waals surface area contributed by atoms with E-state index >= 15 is 0 Å². The van der Waals surface area contributed by atoms with Crippen molar-refractivity contribution in [3.63, 3.8) is 0 Å². The van der Waals surface area contributed by atoms with Gasteiger partial charge >= 0.3 is 11.8 Å². The number of nitrogens with one attached hydrogen (secondary N) is 2. The number of carbonyl (C=O) groups excluding carboxylic acids is 2. The fourth-order valence-corrected chi connectivity index (χ4v) is 4.15. The lowest BCUT2D eigenvalue weighted by atomic mass is 10.2. The number of rotatable bonds is 6. The first-order valence-electron chi connectivity index (χ1n) is 8.98. The van der Waals surface area contributed by atoms with Crippen molar-refractivity contribution in [2.75, 3.05) is 26.2 Å². The summed E-state index contributed by atoms with van der Waals surface area (Å²) in [6, 6.07) is 6.56. The third-order valence-corrected chi connectivity index (χ3v) is 6.00. The number of nitrogens with zero attached hydrogens (tertiary/aromatic N) is 1. The van der Waals surface area contributed by atoms with E-state index in [9.17, 15) is 18.0 Å². The van der Waals surface area contributed by atoms with Crippen LogP contribution in [0.4, 0.5) is 0 Å². The molecule has 1 fully saturated rings. The summed E-state index contributed by atoms with van der Waals surface area (Å²) in [6.45, 7) is 6.68. The van der Waals surface area contributed by atoms with Crippen molar-refractivity contribution in [3.05, 3.63) is 29.8 Å². The molecule has 27 heavy (non-hydrogen) atoms. The molecular formula is C18H27N3O5S. The Balaban J connectivity index is 2.03. The normalized spacial score (nSPS) is 18.3. The Hall–Kier alpha value is -1.97. The van der Waals surface area contributed by atoms with E-state index in [-0.39, 0.29) is 23.9 Å². The molecule has 0 spiro atoms. The van der Waals surface area contributed by atoms with Crippen molar-refractivity contribution in [3.8, 4) is 0 Å². The van der Waals surface area contributed by atoms with Crippen LogP contribution in [0.15, 0.2) is 29.2 Å². The van der Waals surface area contributed by atoms with Gasteiger partial charge in [0, 0.05) is 13.1 Å². The number of sulfonamides is 1. The second kappa shape index (κ2) is 9.29. The monoisotopic (exact) mass is 397 g/mol. The lowest BCUT2D eigenvalue weighted by Crippen LogP contribution is -2.53.